The number of fused-ring (bicyclic) bond motifs is 1. The van der Waals surface area contributed by atoms with Gasteiger partial charge in [0.2, 0.25) is 10.0 Å². The zero-order valence-corrected chi connectivity index (χ0v) is 16.4. The average Bonchev–Trinajstić information content (AvgIpc) is 3.12. The average molecular weight is 402 g/mol. The molecule has 0 N–H and O–H groups in total. The van der Waals surface area contributed by atoms with Gasteiger partial charge in [-0.15, -0.1) is 0 Å². The highest BCUT2D eigenvalue weighted by atomic mass is 32.2. The van der Waals surface area contributed by atoms with Crippen LogP contribution in [0.1, 0.15) is 5.56 Å². The normalized spacial score (nSPS) is 18.2. The van der Waals surface area contributed by atoms with Crippen molar-refractivity contribution in [3.05, 3.63) is 58.1 Å². The lowest BCUT2D eigenvalue weighted by atomic mass is 10.2. The molecular formula is C19H22N4O4S. The molecule has 2 aromatic rings. The minimum absolute atomic E-state index is 0.0278. The molecule has 0 bridgehead atoms. The number of piperazine rings is 1. The summed E-state index contributed by atoms with van der Waals surface area (Å²) in [6, 6.07) is 12.0. The Morgan fingerprint density at radius 2 is 1.68 bits per heavy atom. The van der Waals surface area contributed by atoms with Crippen LogP contribution in [0.5, 0.6) is 0 Å². The lowest BCUT2D eigenvalue weighted by molar-refractivity contribution is -0.384. The maximum absolute atomic E-state index is 13.0. The summed E-state index contributed by atoms with van der Waals surface area (Å²) in [5, 5.41) is 11.8. The quantitative estimate of drug-likeness (QED) is 0.576. The maximum Gasteiger partial charge on any atom is 0.294 e. The molecule has 8 nitrogen and oxygen atoms in total. The van der Waals surface area contributed by atoms with Crippen molar-refractivity contribution >= 4 is 27.1 Å². The molecule has 0 saturated carbocycles. The van der Waals surface area contributed by atoms with Gasteiger partial charge in [0.05, 0.1) is 9.82 Å². The number of nitro groups is 1. The Morgan fingerprint density at radius 1 is 0.964 bits per heavy atom. The van der Waals surface area contributed by atoms with Crippen LogP contribution in [0.3, 0.4) is 0 Å². The Kier molecular flexibility index (Phi) is 4.82. The third-order valence-electron chi connectivity index (χ3n) is 5.42. The van der Waals surface area contributed by atoms with Crippen LogP contribution < -0.4 is 4.90 Å². The van der Waals surface area contributed by atoms with Crippen LogP contribution in [0.4, 0.5) is 17.1 Å². The standard InChI is InChI=1S/C19H22N4O4S/c1-20-10-12-21(13-11-20)28(26,27)16-6-7-18(19(14-16)23(24)25)22-9-8-15-4-2-3-5-17(15)22/h2-7,14H,8-13H2,1H3. The molecule has 0 aromatic heterocycles. The van der Waals surface area contributed by atoms with Gasteiger partial charge in [-0.1, -0.05) is 18.2 Å². The van der Waals surface area contributed by atoms with Gasteiger partial charge < -0.3 is 9.80 Å². The fourth-order valence-electron chi connectivity index (χ4n) is 3.80. The molecule has 2 aliphatic rings. The molecule has 0 radical (unpaired) electrons. The Hall–Kier alpha value is -2.49. The molecule has 0 atom stereocenters. The second kappa shape index (κ2) is 7.16. The lowest BCUT2D eigenvalue weighted by Crippen LogP contribution is -2.47. The first kappa shape index (κ1) is 18.9. The van der Waals surface area contributed by atoms with E-state index in [1.54, 1.807) is 6.07 Å². The number of sulfonamides is 1. The van der Waals surface area contributed by atoms with Crippen LogP contribution in [-0.2, 0) is 16.4 Å². The highest BCUT2D eigenvalue weighted by Crippen LogP contribution is 2.40. The summed E-state index contributed by atoms with van der Waals surface area (Å²) in [4.78, 5) is 15.2. The molecule has 0 unspecified atom stereocenters. The number of para-hydroxylation sites is 1. The Bertz CT molecular complexity index is 1020. The highest BCUT2D eigenvalue weighted by molar-refractivity contribution is 7.89. The fourth-order valence-corrected chi connectivity index (χ4v) is 5.25. The number of nitro benzene ring substituents is 1. The van der Waals surface area contributed by atoms with Gasteiger partial charge in [-0.2, -0.15) is 4.31 Å². The molecular weight excluding hydrogens is 380 g/mol. The largest absolute Gasteiger partial charge is 0.335 e. The molecule has 28 heavy (non-hydrogen) atoms. The van der Waals surface area contributed by atoms with Crippen molar-refractivity contribution < 1.29 is 13.3 Å². The molecule has 1 fully saturated rings. The number of anilines is 2. The van der Waals surface area contributed by atoms with Crippen molar-refractivity contribution in [2.45, 2.75) is 11.3 Å². The zero-order chi connectivity index (χ0) is 19.9. The second-order valence-corrected chi connectivity index (χ2v) is 9.08. The van der Waals surface area contributed by atoms with Gasteiger partial charge in [-0.25, -0.2) is 8.42 Å². The maximum atomic E-state index is 13.0. The Balaban J connectivity index is 1.71. The van der Waals surface area contributed by atoms with E-state index in [4.69, 9.17) is 0 Å². The number of rotatable bonds is 4. The van der Waals surface area contributed by atoms with Gasteiger partial charge in [0.25, 0.3) is 5.69 Å². The van der Waals surface area contributed by atoms with E-state index in [1.807, 2.05) is 36.2 Å². The van der Waals surface area contributed by atoms with Crippen molar-refractivity contribution in [3.63, 3.8) is 0 Å². The summed E-state index contributed by atoms with van der Waals surface area (Å²) < 4.78 is 27.3. The third-order valence-corrected chi connectivity index (χ3v) is 7.32. The van der Waals surface area contributed by atoms with E-state index in [2.05, 4.69) is 4.90 Å². The van der Waals surface area contributed by atoms with Gasteiger partial charge in [-0.05, 0) is 37.2 Å². The number of hydrogen-bond acceptors (Lipinski definition) is 6. The van der Waals surface area contributed by atoms with Gasteiger partial charge in [0, 0.05) is 44.5 Å². The van der Waals surface area contributed by atoms with E-state index < -0.39 is 14.9 Å². The number of hydrogen-bond donors (Lipinski definition) is 0. The van der Waals surface area contributed by atoms with Crippen molar-refractivity contribution in [3.8, 4) is 0 Å². The zero-order valence-electron chi connectivity index (χ0n) is 15.6. The molecule has 0 amide bonds. The van der Waals surface area contributed by atoms with Crippen molar-refractivity contribution in [2.24, 2.45) is 0 Å². The molecule has 148 valence electrons. The smallest absolute Gasteiger partial charge is 0.294 e. The van der Waals surface area contributed by atoms with Crippen LogP contribution >= 0.6 is 0 Å². The van der Waals surface area contributed by atoms with Crippen molar-refractivity contribution in [1.82, 2.24) is 9.21 Å². The second-order valence-electron chi connectivity index (χ2n) is 7.15. The van der Waals surface area contributed by atoms with E-state index in [-0.39, 0.29) is 10.6 Å². The van der Waals surface area contributed by atoms with Crippen LogP contribution in [0.15, 0.2) is 47.4 Å². The minimum Gasteiger partial charge on any atom is -0.335 e. The molecule has 9 heteroatoms. The lowest BCUT2D eigenvalue weighted by Gasteiger charge is -2.31. The number of nitrogens with zero attached hydrogens (tertiary/aromatic N) is 4. The summed E-state index contributed by atoms with van der Waals surface area (Å²) in [7, 11) is -1.82. The van der Waals surface area contributed by atoms with E-state index >= 15 is 0 Å². The van der Waals surface area contributed by atoms with Crippen LogP contribution in [0, 0.1) is 10.1 Å². The molecule has 2 aromatic carbocycles. The summed E-state index contributed by atoms with van der Waals surface area (Å²) in [5.74, 6) is 0. The summed E-state index contributed by atoms with van der Waals surface area (Å²) in [5.41, 5.74) is 2.30. The van der Waals surface area contributed by atoms with Gasteiger partial charge in [-0.3, -0.25) is 10.1 Å². The molecule has 2 heterocycles. The van der Waals surface area contributed by atoms with Crippen LogP contribution in [0.25, 0.3) is 0 Å². The highest BCUT2D eigenvalue weighted by Gasteiger charge is 2.32. The Morgan fingerprint density at radius 3 is 2.39 bits per heavy atom. The van der Waals surface area contributed by atoms with Crippen LogP contribution in [-0.4, -0.2) is 62.3 Å². The van der Waals surface area contributed by atoms with Gasteiger partial charge >= 0.3 is 0 Å². The van der Waals surface area contributed by atoms with Crippen molar-refractivity contribution in [1.29, 1.82) is 0 Å². The molecule has 2 aliphatic heterocycles. The van der Waals surface area contributed by atoms with Crippen molar-refractivity contribution in [2.75, 3.05) is 44.7 Å². The van der Waals surface area contributed by atoms with E-state index in [0.717, 1.165) is 17.7 Å². The first-order valence-corrected chi connectivity index (χ1v) is 10.6. The Labute approximate surface area is 164 Å². The number of likely N-dealkylation sites (N-methyl/N-ethyl adjacent to an activating group) is 1. The monoisotopic (exact) mass is 402 g/mol. The topological polar surface area (TPSA) is 87.0 Å². The third kappa shape index (κ3) is 3.25. The summed E-state index contributed by atoms with van der Waals surface area (Å²) >= 11 is 0. The molecule has 0 spiro atoms. The predicted molar refractivity (Wildman–Crippen MR) is 107 cm³/mol. The molecule has 0 aliphatic carbocycles. The van der Waals surface area contributed by atoms with Gasteiger partial charge in [0.1, 0.15) is 5.69 Å². The SMILES string of the molecule is CN1CCN(S(=O)(=O)c2ccc(N3CCc4ccccc43)c([N+](=O)[O-])c2)CC1. The molecule has 1 saturated heterocycles. The van der Waals surface area contributed by atoms with Crippen LogP contribution in [0.2, 0.25) is 0 Å². The summed E-state index contributed by atoms with van der Waals surface area (Å²) in [6.45, 7) is 2.68. The minimum atomic E-state index is -3.76. The summed E-state index contributed by atoms with van der Waals surface area (Å²) in [6.07, 6.45) is 0.800. The van der Waals surface area contributed by atoms with E-state index in [1.165, 1.54) is 16.4 Å². The first-order valence-electron chi connectivity index (χ1n) is 9.20. The van der Waals surface area contributed by atoms with E-state index in [9.17, 15) is 18.5 Å². The van der Waals surface area contributed by atoms with Gasteiger partial charge in [0.15, 0.2) is 0 Å². The predicted octanol–water partition coefficient (Wildman–Crippen LogP) is 2.23. The van der Waals surface area contributed by atoms with E-state index in [0.29, 0.717) is 38.4 Å². The molecule has 4 rings (SSSR count). The fraction of sp³-hybridized carbons (Fsp3) is 0.368. The first-order chi connectivity index (χ1) is 13.4. The number of benzene rings is 2.